The van der Waals surface area contributed by atoms with Gasteiger partial charge in [0, 0.05) is 11.8 Å². The van der Waals surface area contributed by atoms with E-state index in [-0.39, 0.29) is 0 Å². The molecule has 0 fully saturated rings. The monoisotopic (exact) mass is 268 g/mol. The van der Waals surface area contributed by atoms with E-state index in [0.717, 1.165) is 11.3 Å². The summed E-state index contributed by atoms with van der Waals surface area (Å²) in [4.78, 5) is 0. The molecule has 0 atom stereocenters. The summed E-state index contributed by atoms with van der Waals surface area (Å²) in [7, 11) is -4.53. The first-order chi connectivity index (χ1) is 8.35. The average molecular weight is 268 g/mol. The zero-order chi connectivity index (χ0) is 13.3. The van der Waals surface area contributed by atoms with Gasteiger partial charge in [0.25, 0.3) is 0 Å². The Bertz CT molecular complexity index is 660. The number of halogens is 1. The molecule has 1 aromatic carbocycles. The average Bonchev–Trinajstić information content (AvgIpc) is 2.59. The van der Waals surface area contributed by atoms with Crippen LogP contribution in [0.1, 0.15) is 16.8 Å². The Kier molecular flexibility index (Phi) is 3.21. The van der Waals surface area contributed by atoms with E-state index in [4.69, 9.17) is 0 Å². The fourth-order valence-electron chi connectivity index (χ4n) is 1.65. The van der Waals surface area contributed by atoms with E-state index in [1.165, 1.54) is 6.20 Å². The molecule has 2 aromatic rings. The molecule has 0 aliphatic rings. The Morgan fingerprint density at radius 3 is 2.39 bits per heavy atom. The van der Waals surface area contributed by atoms with Gasteiger partial charge in [0.2, 0.25) is 0 Å². The van der Waals surface area contributed by atoms with Gasteiger partial charge in [-0.2, -0.15) is 13.5 Å². The van der Waals surface area contributed by atoms with Gasteiger partial charge in [-0.15, -0.1) is 3.89 Å². The van der Waals surface area contributed by atoms with Crippen molar-refractivity contribution in [1.29, 1.82) is 0 Å². The molecule has 0 aliphatic heterocycles. The highest BCUT2D eigenvalue weighted by atomic mass is 32.3. The third-order valence-corrected chi connectivity index (χ3v) is 3.28. The van der Waals surface area contributed by atoms with Crippen molar-refractivity contribution in [2.75, 3.05) is 0 Å². The Morgan fingerprint density at radius 2 is 1.83 bits per heavy atom. The SMILES string of the molecule is Cc1ccc(-n2cc(CS(=O)(=O)F)c(C)n2)cc1. The van der Waals surface area contributed by atoms with Crippen LogP contribution >= 0.6 is 0 Å². The van der Waals surface area contributed by atoms with Crippen LogP contribution < -0.4 is 0 Å². The number of hydrogen-bond donors (Lipinski definition) is 0. The molecule has 0 unspecified atom stereocenters. The molecule has 6 heteroatoms. The van der Waals surface area contributed by atoms with Crippen LogP contribution in [-0.4, -0.2) is 18.2 Å². The van der Waals surface area contributed by atoms with Crippen LogP contribution in [0.15, 0.2) is 30.5 Å². The standard InChI is InChI=1S/C12H13FN2O2S/c1-9-3-5-12(6-4-9)15-7-11(10(2)14-15)8-18(13,16)17/h3-7H,8H2,1-2H3. The van der Waals surface area contributed by atoms with Crippen LogP contribution in [0.4, 0.5) is 3.89 Å². The molecular formula is C12H13FN2O2S. The van der Waals surface area contributed by atoms with Crippen molar-refractivity contribution in [1.82, 2.24) is 9.78 Å². The van der Waals surface area contributed by atoms with Crippen molar-refractivity contribution in [2.45, 2.75) is 19.6 Å². The molecule has 2 rings (SSSR count). The highest BCUT2D eigenvalue weighted by Gasteiger charge is 2.14. The van der Waals surface area contributed by atoms with E-state index in [0.29, 0.717) is 11.3 Å². The van der Waals surface area contributed by atoms with Crippen molar-refractivity contribution >= 4 is 10.2 Å². The second-order valence-corrected chi connectivity index (χ2v) is 5.57. The summed E-state index contributed by atoms with van der Waals surface area (Å²) >= 11 is 0. The third-order valence-electron chi connectivity index (χ3n) is 2.63. The van der Waals surface area contributed by atoms with E-state index >= 15 is 0 Å². The van der Waals surface area contributed by atoms with Crippen molar-refractivity contribution in [3.05, 3.63) is 47.3 Å². The third kappa shape index (κ3) is 2.95. The number of benzene rings is 1. The van der Waals surface area contributed by atoms with Gasteiger partial charge in [0.1, 0.15) is 5.75 Å². The molecular weight excluding hydrogens is 255 g/mol. The van der Waals surface area contributed by atoms with E-state index in [2.05, 4.69) is 5.10 Å². The molecule has 0 saturated heterocycles. The zero-order valence-electron chi connectivity index (χ0n) is 10.1. The first kappa shape index (κ1) is 12.8. The summed E-state index contributed by atoms with van der Waals surface area (Å²) in [5, 5.41) is 4.18. The van der Waals surface area contributed by atoms with Crippen LogP contribution in [0.3, 0.4) is 0 Å². The second-order valence-electron chi connectivity index (χ2n) is 4.20. The summed E-state index contributed by atoms with van der Waals surface area (Å²) in [5.74, 6) is -0.634. The van der Waals surface area contributed by atoms with Gasteiger partial charge in [-0.25, -0.2) is 4.68 Å². The molecule has 18 heavy (non-hydrogen) atoms. The molecule has 0 bridgehead atoms. The van der Waals surface area contributed by atoms with Gasteiger partial charge in [-0.3, -0.25) is 0 Å². The Morgan fingerprint density at radius 1 is 1.22 bits per heavy atom. The minimum Gasteiger partial charge on any atom is -0.240 e. The number of hydrogen-bond acceptors (Lipinski definition) is 3. The van der Waals surface area contributed by atoms with Gasteiger partial charge in [0.05, 0.1) is 11.4 Å². The summed E-state index contributed by atoms with van der Waals surface area (Å²) in [5.41, 5.74) is 2.82. The predicted molar refractivity (Wildman–Crippen MR) is 66.8 cm³/mol. The Balaban J connectivity index is 2.37. The molecule has 1 heterocycles. The molecule has 96 valence electrons. The van der Waals surface area contributed by atoms with E-state index < -0.39 is 16.0 Å². The number of nitrogens with zero attached hydrogens (tertiary/aromatic N) is 2. The summed E-state index contributed by atoms with van der Waals surface area (Å²) in [6.45, 7) is 3.63. The minimum atomic E-state index is -4.53. The van der Waals surface area contributed by atoms with Crippen LogP contribution in [0.2, 0.25) is 0 Å². The molecule has 0 radical (unpaired) electrons. The van der Waals surface area contributed by atoms with Crippen molar-refractivity contribution < 1.29 is 12.3 Å². The van der Waals surface area contributed by atoms with Gasteiger partial charge >= 0.3 is 10.2 Å². The largest absolute Gasteiger partial charge is 0.306 e. The molecule has 0 N–H and O–H groups in total. The highest BCUT2D eigenvalue weighted by Crippen LogP contribution is 2.15. The van der Waals surface area contributed by atoms with Crippen LogP contribution in [-0.2, 0) is 16.0 Å². The fourth-order valence-corrected chi connectivity index (χ4v) is 2.31. The normalized spacial score (nSPS) is 11.7. The Labute approximate surface area is 105 Å². The maximum Gasteiger partial charge on any atom is 0.306 e. The highest BCUT2D eigenvalue weighted by molar-refractivity contribution is 7.85. The van der Waals surface area contributed by atoms with Gasteiger partial charge in [-0.05, 0) is 26.0 Å². The molecule has 0 saturated carbocycles. The van der Waals surface area contributed by atoms with Gasteiger partial charge in [0.15, 0.2) is 0 Å². The smallest absolute Gasteiger partial charge is 0.240 e. The number of aryl methyl sites for hydroxylation is 2. The number of aromatic nitrogens is 2. The van der Waals surface area contributed by atoms with Crippen molar-refractivity contribution in [3.63, 3.8) is 0 Å². The first-order valence-corrected chi connectivity index (χ1v) is 6.95. The van der Waals surface area contributed by atoms with Crippen molar-refractivity contribution in [2.24, 2.45) is 0 Å². The van der Waals surface area contributed by atoms with E-state index in [1.807, 2.05) is 31.2 Å². The van der Waals surface area contributed by atoms with Crippen LogP contribution in [0.5, 0.6) is 0 Å². The maximum absolute atomic E-state index is 12.7. The predicted octanol–water partition coefficient (Wildman–Crippen LogP) is 2.29. The number of rotatable bonds is 3. The van der Waals surface area contributed by atoms with E-state index in [9.17, 15) is 12.3 Å². The lowest BCUT2D eigenvalue weighted by atomic mass is 10.2. The fraction of sp³-hybridized carbons (Fsp3) is 0.250. The lowest BCUT2D eigenvalue weighted by Crippen LogP contribution is -1.96. The maximum atomic E-state index is 12.7. The lowest BCUT2D eigenvalue weighted by molar-refractivity contribution is 0.551. The van der Waals surface area contributed by atoms with E-state index in [1.54, 1.807) is 11.6 Å². The van der Waals surface area contributed by atoms with Crippen LogP contribution in [0, 0.1) is 13.8 Å². The topological polar surface area (TPSA) is 52.0 Å². The second kappa shape index (κ2) is 4.53. The minimum absolute atomic E-state index is 0.373. The quantitative estimate of drug-likeness (QED) is 0.802. The lowest BCUT2D eigenvalue weighted by Gasteiger charge is -2.00. The molecule has 0 aliphatic carbocycles. The molecule has 0 amide bonds. The first-order valence-electron chi connectivity index (χ1n) is 5.40. The van der Waals surface area contributed by atoms with Gasteiger partial charge < -0.3 is 0 Å². The van der Waals surface area contributed by atoms with Gasteiger partial charge in [-0.1, -0.05) is 17.7 Å². The molecule has 0 spiro atoms. The summed E-state index contributed by atoms with van der Waals surface area (Å²) in [6.07, 6.45) is 1.54. The summed E-state index contributed by atoms with van der Waals surface area (Å²) in [6, 6.07) is 7.60. The van der Waals surface area contributed by atoms with Crippen LogP contribution in [0.25, 0.3) is 5.69 Å². The Hall–Kier alpha value is -1.69. The molecule has 1 aromatic heterocycles. The van der Waals surface area contributed by atoms with Crippen molar-refractivity contribution in [3.8, 4) is 5.69 Å². The zero-order valence-corrected chi connectivity index (χ0v) is 10.9. The summed E-state index contributed by atoms with van der Waals surface area (Å²) < 4.78 is 35.5. The molecule has 4 nitrogen and oxygen atoms in total.